The number of carbonyl (C=O) groups is 1. The number of hydrogen-bond donors (Lipinski definition) is 1. The van der Waals surface area contributed by atoms with Gasteiger partial charge in [0.05, 0.1) is 0 Å². The molecule has 96 valence electrons. The fourth-order valence-corrected chi connectivity index (χ4v) is 1.86. The predicted octanol–water partition coefficient (Wildman–Crippen LogP) is 4.63. The molecule has 0 aromatic heterocycles. The van der Waals surface area contributed by atoms with Crippen molar-refractivity contribution in [3.63, 3.8) is 0 Å². The molecule has 2 nitrogen and oxygen atoms in total. The highest BCUT2D eigenvalue weighted by atomic mass is 16.4. The highest BCUT2D eigenvalue weighted by molar-refractivity contribution is 5.66. The lowest BCUT2D eigenvalue weighted by molar-refractivity contribution is -0.137. The standard InChI is InChI=1S/C14H28O2/c1-3-13(2)11-9-7-5-4-6-8-10-12-14(15)16/h13H,3-12H2,1-2H3,(H,15,16)/t13-/m1/s1. The van der Waals surface area contributed by atoms with Gasteiger partial charge in [-0.15, -0.1) is 0 Å². The molecule has 1 N–H and O–H groups in total. The van der Waals surface area contributed by atoms with Crippen molar-refractivity contribution in [3.05, 3.63) is 0 Å². The van der Waals surface area contributed by atoms with Crippen LogP contribution in [0.15, 0.2) is 0 Å². The van der Waals surface area contributed by atoms with Gasteiger partial charge in [-0.3, -0.25) is 4.79 Å². The Bertz CT molecular complexity index is 166. The fourth-order valence-electron chi connectivity index (χ4n) is 1.86. The summed E-state index contributed by atoms with van der Waals surface area (Å²) in [5, 5.41) is 8.46. The van der Waals surface area contributed by atoms with E-state index >= 15 is 0 Å². The van der Waals surface area contributed by atoms with Gasteiger partial charge >= 0.3 is 5.97 Å². The minimum absolute atomic E-state index is 0.341. The SMILES string of the molecule is CC[C@@H](C)CCCCCCCCCC(=O)O. The van der Waals surface area contributed by atoms with Gasteiger partial charge in [-0.25, -0.2) is 0 Å². The molecule has 0 aliphatic carbocycles. The van der Waals surface area contributed by atoms with Gasteiger partial charge in [-0.2, -0.15) is 0 Å². The third kappa shape index (κ3) is 11.5. The van der Waals surface area contributed by atoms with Gasteiger partial charge in [-0.1, -0.05) is 65.2 Å². The predicted molar refractivity (Wildman–Crippen MR) is 68.6 cm³/mol. The van der Waals surface area contributed by atoms with E-state index in [9.17, 15) is 4.79 Å². The Labute approximate surface area is 100 Å². The van der Waals surface area contributed by atoms with Crippen LogP contribution in [0.4, 0.5) is 0 Å². The summed E-state index contributed by atoms with van der Waals surface area (Å²) in [5.74, 6) is 0.226. The van der Waals surface area contributed by atoms with E-state index in [2.05, 4.69) is 13.8 Å². The average molecular weight is 228 g/mol. The molecule has 0 aliphatic rings. The van der Waals surface area contributed by atoms with E-state index in [0.29, 0.717) is 6.42 Å². The van der Waals surface area contributed by atoms with Gasteiger partial charge in [0.25, 0.3) is 0 Å². The van der Waals surface area contributed by atoms with Crippen molar-refractivity contribution in [3.8, 4) is 0 Å². The molecule has 0 rings (SSSR count). The summed E-state index contributed by atoms with van der Waals surface area (Å²) in [6.45, 7) is 4.58. The van der Waals surface area contributed by atoms with Gasteiger partial charge in [0.1, 0.15) is 0 Å². The van der Waals surface area contributed by atoms with Gasteiger partial charge in [-0.05, 0) is 12.3 Å². The van der Waals surface area contributed by atoms with Gasteiger partial charge in [0.15, 0.2) is 0 Å². The number of hydrogen-bond acceptors (Lipinski definition) is 1. The van der Waals surface area contributed by atoms with Crippen LogP contribution in [0, 0.1) is 5.92 Å². The molecule has 0 aromatic carbocycles. The number of rotatable bonds is 11. The zero-order chi connectivity index (χ0) is 12.2. The average Bonchev–Trinajstić information content (AvgIpc) is 2.26. The van der Waals surface area contributed by atoms with Gasteiger partial charge in [0.2, 0.25) is 0 Å². The normalized spacial score (nSPS) is 12.6. The van der Waals surface area contributed by atoms with Crippen LogP contribution in [0.2, 0.25) is 0 Å². The molecule has 1 atom stereocenters. The molecule has 0 unspecified atom stereocenters. The highest BCUT2D eigenvalue weighted by Gasteiger charge is 1.99. The molecular formula is C14H28O2. The first-order chi connectivity index (χ1) is 7.66. The van der Waals surface area contributed by atoms with Crippen molar-refractivity contribution >= 4 is 5.97 Å². The number of aliphatic carboxylic acids is 1. The van der Waals surface area contributed by atoms with Crippen molar-refractivity contribution in [1.82, 2.24) is 0 Å². The first-order valence-corrected chi connectivity index (χ1v) is 6.88. The van der Waals surface area contributed by atoms with Crippen molar-refractivity contribution in [2.24, 2.45) is 5.92 Å². The summed E-state index contributed by atoms with van der Waals surface area (Å²) < 4.78 is 0. The molecule has 0 spiro atoms. The van der Waals surface area contributed by atoms with Crippen LogP contribution in [-0.2, 0) is 4.79 Å². The zero-order valence-corrected chi connectivity index (χ0v) is 11.0. The summed E-state index contributed by atoms with van der Waals surface area (Å²) in [5.41, 5.74) is 0. The molecule has 0 saturated carbocycles. The summed E-state index contributed by atoms with van der Waals surface area (Å²) >= 11 is 0. The Kier molecular flexibility index (Phi) is 10.6. The molecule has 16 heavy (non-hydrogen) atoms. The quantitative estimate of drug-likeness (QED) is 0.523. The van der Waals surface area contributed by atoms with E-state index < -0.39 is 5.97 Å². The van der Waals surface area contributed by atoms with Gasteiger partial charge < -0.3 is 5.11 Å². The third-order valence-corrected chi connectivity index (χ3v) is 3.28. The van der Waals surface area contributed by atoms with Crippen LogP contribution < -0.4 is 0 Å². The maximum atomic E-state index is 10.3. The Morgan fingerprint density at radius 3 is 2.00 bits per heavy atom. The van der Waals surface area contributed by atoms with Crippen LogP contribution in [0.5, 0.6) is 0 Å². The monoisotopic (exact) mass is 228 g/mol. The lowest BCUT2D eigenvalue weighted by Crippen LogP contribution is -1.93. The Hall–Kier alpha value is -0.530. The Balaban J connectivity index is 3.01. The summed E-state index contributed by atoms with van der Waals surface area (Å²) in [6, 6.07) is 0. The molecule has 2 heteroatoms. The third-order valence-electron chi connectivity index (χ3n) is 3.28. The topological polar surface area (TPSA) is 37.3 Å². The maximum Gasteiger partial charge on any atom is 0.303 e. The smallest absolute Gasteiger partial charge is 0.303 e. The molecule has 0 saturated heterocycles. The van der Waals surface area contributed by atoms with Gasteiger partial charge in [0, 0.05) is 6.42 Å². The van der Waals surface area contributed by atoms with Crippen LogP contribution in [-0.4, -0.2) is 11.1 Å². The number of carboxylic acids is 1. The summed E-state index contributed by atoms with van der Waals surface area (Å²) in [7, 11) is 0. The minimum Gasteiger partial charge on any atom is -0.481 e. The van der Waals surface area contributed by atoms with Crippen molar-refractivity contribution < 1.29 is 9.90 Å². The fraction of sp³-hybridized carbons (Fsp3) is 0.929. The molecule has 0 amide bonds. The lowest BCUT2D eigenvalue weighted by Gasteiger charge is -2.07. The van der Waals surface area contributed by atoms with Crippen LogP contribution in [0.3, 0.4) is 0 Å². The Morgan fingerprint density at radius 2 is 1.50 bits per heavy atom. The molecule has 0 radical (unpaired) electrons. The first kappa shape index (κ1) is 15.5. The molecule has 0 aliphatic heterocycles. The second kappa shape index (κ2) is 11.0. The molecule has 0 bridgehead atoms. The van der Waals surface area contributed by atoms with Crippen LogP contribution in [0.25, 0.3) is 0 Å². The van der Waals surface area contributed by atoms with E-state index in [1.165, 1.54) is 44.9 Å². The van der Waals surface area contributed by atoms with Crippen LogP contribution in [0.1, 0.15) is 78.1 Å². The highest BCUT2D eigenvalue weighted by Crippen LogP contribution is 2.14. The van der Waals surface area contributed by atoms with E-state index in [4.69, 9.17) is 5.11 Å². The minimum atomic E-state index is -0.659. The lowest BCUT2D eigenvalue weighted by atomic mass is 10.00. The number of carboxylic acid groups (broad SMARTS) is 1. The van der Waals surface area contributed by atoms with Crippen molar-refractivity contribution in [1.29, 1.82) is 0 Å². The maximum absolute atomic E-state index is 10.3. The zero-order valence-electron chi connectivity index (χ0n) is 11.0. The van der Waals surface area contributed by atoms with E-state index in [0.717, 1.165) is 18.8 Å². The second-order valence-corrected chi connectivity index (χ2v) is 4.92. The van der Waals surface area contributed by atoms with Crippen molar-refractivity contribution in [2.75, 3.05) is 0 Å². The largest absolute Gasteiger partial charge is 0.481 e. The summed E-state index contributed by atoms with van der Waals surface area (Å²) in [6.07, 6.45) is 11.5. The first-order valence-electron chi connectivity index (χ1n) is 6.88. The molecule has 0 fully saturated rings. The van der Waals surface area contributed by atoms with E-state index in [1.807, 2.05) is 0 Å². The Morgan fingerprint density at radius 1 is 1.00 bits per heavy atom. The van der Waals surface area contributed by atoms with Crippen LogP contribution >= 0.6 is 0 Å². The second-order valence-electron chi connectivity index (χ2n) is 4.92. The molecule has 0 heterocycles. The summed E-state index contributed by atoms with van der Waals surface area (Å²) in [4.78, 5) is 10.3. The van der Waals surface area contributed by atoms with E-state index in [1.54, 1.807) is 0 Å². The molecule has 0 aromatic rings. The van der Waals surface area contributed by atoms with Crippen molar-refractivity contribution in [2.45, 2.75) is 78.1 Å². The number of unbranched alkanes of at least 4 members (excludes halogenated alkanes) is 6. The van der Waals surface area contributed by atoms with E-state index in [-0.39, 0.29) is 0 Å². The molecular weight excluding hydrogens is 200 g/mol.